The number of alkyl halides is 3. The lowest BCUT2D eigenvalue weighted by molar-refractivity contribution is -0.174. The van der Waals surface area contributed by atoms with Crippen LogP contribution in [-0.2, 0) is 0 Å². The molecule has 2 unspecified atom stereocenters. The standard InChI is InChI=1S/C16H16ClF3N4O2/c17-12-13(15(25)23-5-1-2-6-23)22-24-11(16(18,19)20)8-9(21-14(12)24)10-4-3-7-26-10/h3-4,7,9,11,21H,1-2,5-6,8H2. The van der Waals surface area contributed by atoms with Crippen molar-refractivity contribution in [1.29, 1.82) is 0 Å². The van der Waals surface area contributed by atoms with E-state index in [1.165, 1.54) is 6.26 Å². The number of rotatable bonds is 2. The fourth-order valence-electron chi connectivity index (χ4n) is 3.47. The highest BCUT2D eigenvalue weighted by molar-refractivity contribution is 6.36. The average molecular weight is 389 g/mol. The molecule has 2 aliphatic rings. The van der Waals surface area contributed by atoms with Gasteiger partial charge in [-0.05, 0) is 25.0 Å². The number of anilines is 1. The van der Waals surface area contributed by atoms with Gasteiger partial charge in [0.05, 0.1) is 12.3 Å². The Morgan fingerprint density at radius 2 is 2.08 bits per heavy atom. The fraction of sp³-hybridized carbons (Fsp3) is 0.500. The molecule has 4 rings (SSSR count). The lowest BCUT2D eigenvalue weighted by atomic mass is 10.0. The Morgan fingerprint density at radius 3 is 2.69 bits per heavy atom. The Bertz CT molecular complexity index is 812. The highest BCUT2D eigenvalue weighted by atomic mass is 35.5. The lowest BCUT2D eigenvalue weighted by Crippen LogP contribution is -2.35. The monoisotopic (exact) mass is 388 g/mol. The van der Waals surface area contributed by atoms with Crippen molar-refractivity contribution >= 4 is 23.3 Å². The summed E-state index contributed by atoms with van der Waals surface area (Å²) >= 11 is 6.27. The van der Waals surface area contributed by atoms with Gasteiger partial charge in [-0.15, -0.1) is 0 Å². The molecule has 2 aliphatic heterocycles. The van der Waals surface area contributed by atoms with Crippen LogP contribution in [0.5, 0.6) is 0 Å². The Morgan fingerprint density at radius 1 is 1.35 bits per heavy atom. The quantitative estimate of drug-likeness (QED) is 0.843. The first-order valence-corrected chi connectivity index (χ1v) is 8.68. The minimum Gasteiger partial charge on any atom is -0.467 e. The molecular formula is C16H16ClF3N4O2. The second-order valence-corrected chi connectivity index (χ2v) is 6.84. The molecule has 1 amide bonds. The first-order valence-electron chi connectivity index (χ1n) is 8.30. The van der Waals surface area contributed by atoms with Crippen molar-refractivity contribution in [2.75, 3.05) is 18.4 Å². The molecule has 2 atom stereocenters. The van der Waals surface area contributed by atoms with E-state index in [1.54, 1.807) is 17.0 Å². The predicted octanol–water partition coefficient (Wildman–Crippen LogP) is 4.03. The van der Waals surface area contributed by atoms with Crippen molar-refractivity contribution in [3.63, 3.8) is 0 Å². The molecule has 10 heteroatoms. The summed E-state index contributed by atoms with van der Waals surface area (Å²) in [5.74, 6) is -0.0777. The molecule has 6 nitrogen and oxygen atoms in total. The second-order valence-electron chi connectivity index (χ2n) is 6.46. The molecule has 4 heterocycles. The van der Waals surface area contributed by atoms with E-state index in [0.29, 0.717) is 18.8 Å². The molecule has 0 saturated carbocycles. The second kappa shape index (κ2) is 6.22. The molecule has 1 N–H and O–H groups in total. The number of carbonyl (C=O) groups is 1. The molecular weight excluding hydrogens is 373 g/mol. The summed E-state index contributed by atoms with van der Waals surface area (Å²) in [6, 6.07) is 0.594. The van der Waals surface area contributed by atoms with Crippen LogP contribution in [0.15, 0.2) is 22.8 Å². The number of likely N-dealkylation sites (tertiary alicyclic amines) is 1. The van der Waals surface area contributed by atoms with E-state index in [-0.39, 0.29) is 23.0 Å². The molecule has 0 aromatic carbocycles. The highest BCUT2D eigenvalue weighted by Crippen LogP contribution is 2.46. The maximum absolute atomic E-state index is 13.6. The summed E-state index contributed by atoms with van der Waals surface area (Å²) in [5.41, 5.74) is -0.148. The minimum atomic E-state index is -4.54. The van der Waals surface area contributed by atoms with Crippen LogP contribution in [0, 0.1) is 0 Å². The largest absolute Gasteiger partial charge is 0.467 e. The maximum Gasteiger partial charge on any atom is 0.410 e. The number of furan rings is 1. The first-order chi connectivity index (χ1) is 12.4. The van der Waals surface area contributed by atoms with Gasteiger partial charge in [0.25, 0.3) is 5.91 Å². The van der Waals surface area contributed by atoms with E-state index in [1.807, 2.05) is 0 Å². The van der Waals surface area contributed by atoms with E-state index >= 15 is 0 Å². The van der Waals surface area contributed by atoms with Crippen LogP contribution in [0.2, 0.25) is 5.02 Å². The first kappa shape index (κ1) is 17.3. The molecule has 0 aliphatic carbocycles. The predicted molar refractivity (Wildman–Crippen MR) is 87.2 cm³/mol. The van der Waals surface area contributed by atoms with Gasteiger partial charge in [0, 0.05) is 19.5 Å². The Kier molecular flexibility index (Phi) is 4.13. The summed E-state index contributed by atoms with van der Waals surface area (Å²) in [6.07, 6.45) is -1.72. The lowest BCUT2D eigenvalue weighted by Gasteiger charge is -2.32. The zero-order valence-corrected chi connectivity index (χ0v) is 14.3. The normalized spacial score (nSPS) is 23.0. The molecule has 26 heavy (non-hydrogen) atoms. The third kappa shape index (κ3) is 2.84. The van der Waals surface area contributed by atoms with Gasteiger partial charge in [-0.2, -0.15) is 18.3 Å². The van der Waals surface area contributed by atoms with Gasteiger partial charge >= 0.3 is 6.18 Å². The van der Waals surface area contributed by atoms with Crippen molar-refractivity contribution in [2.24, 2.45) is 0 Å². The van der Waals surface area contributed by atoms with Crippen molar-refractivity contribution in [3.05, 3.63) is 34.9 Å². The van der Waals surface area contributed by atoms with Crippen LogP contribution in [-0.4, -0.2) is 39.9 Å². The maximum atomic E-state index is 13.6. The van der Waals surface area contributed by atoms with E-state index in [9.17, 15) is 18.0 Å². The summed E-state index contributed by atoms with van der Waals surface area (Å²) in [4.78, 5) is 14.2. The van der Waals surface area contributed by atoms with Gasteiger partial charge in [-0.25, -0.2) is 4.68 Å². The number of hydrogen-bond donors (Lipinski definition) is 1. The van der Waals surface area contributed by atoms with Gasteiger partial charge in [0.2, 0.25) is 0 Å². The molecule has 1 saturated heterocycles. The fourth-order valence-corrected chi connectivity index (χ4v) is 3.73. The van der Waals surface area contributed by atoms with E-state index < -0.39 is 24.2 Å². The number of nitrogens with one attached hydrogen (secondary N) is 1. The summed E-state index contributed by atoms with van der Waals surface area (Å²) in [6.45, 7) is 1.12. The van der Waals surface area contributed by atoms with Crippen molar-refractivity contribution in [2.45, 2.75) is 37.5 Å². The van der Waals surface area contributed by atoms with Gasteiger partial charge in [0.15, 0.2) is 11.7 Å². The number of hydrogen-bond acceptors (Lipinski definition) is 4. The van der Waals surface area contributed by atoms with Gasteiger partial charge in [-0.1, -0.05) is 11.6 Å². The average Bonchev–Trinajstić information content (AvgIpc) is 3.34. The molecule has 2 aromatic heterocycles. The van der Waals surface area contributed by atoms with Crippen molar-refractivity contribution in [3.8, 4) is 0 Å². The summed E-state index contributed by atoms with van der Waals surface area (Å²) in [7, 11) is 0. The van der Waals surface area contributed by atoms with Crippen LogP contribution >= 0.6 is 11.6 Å². The molecule has 1 fully saturated rings. The molecule has 0 spiro atoms. The van der Waals surface area contributed by atoms with Crippen molar-refractivity contribution < 1.29 is 22.4 Å². The Hall–Kier alpha value is -2.16. The van der Waals surface area contributed by atoms with Gasteiger partial charge < -0.3 is 14.6 Å². The topological polar surface area (TPSA) is 63.3 Å². The number of aromatic nitrogens is 2. The smallest absolute Gasteiger partial charge is 0.410 e. The third-order valence-corrected chi connectivity index (χ3v) is 5.14. The highest BCUT2D eigenvalue weighted by Gasteiger charge is 2.48. The van der Waals surface area contributed by atoms with Crippen LogP contribution in [0.4, 0.5) is 19.0 Å². The third-order valence-electron chi connectivity index (χ3n) is 4.78. The Balaban J connectivity index is 1.74. The molecule has 0 radical (unpaired) electrons. The van der Waals surface area contributed by atoms with Crippen LogP contribution < -0.4 is 5.32 Å². The van der Waals surface area contributed by atoms with Crippen LogP contribution in [0.3, 0.4) is 0 Å². The van der Waals surface area contributed by atoms with E-state index in [2.05, 4.69) is 10.4 Å². The summed E-state index contributed by atoms with van der Waals surface area (Å²) in [5, 5.41) is 6.79. The van der Waals surface area contributed by atoms with Crippen LogP contribution in [0.1, 0.15) is 47.6 Å². The molecule has 2 aromatic rings. The van der Waals surface area contributed by atoms with Gasteiger partial charge in [0.1, 0.15) is 16.6 Å². The molecule has 140 valence electrons. The van der Waals surface area contributed by atoms with E-state index in [4.69, 9.17) is 16.0 Å². The number of amides is 1. The Labute approximate surface area is 151 Å². The zero-order chi connectivity index (χ0) is 18.5. The summed E-state index contributed by atoms with van der Waals surface area (Å²) < 4.78 is 46.9. The number of halogens is 4. The SMILES string of the molecule is O=C(c1nn2c(c1Cl)NC(c1ccco1)CC2C(F)(F)F)N1CCCC1. The number of carbonyl (C=O) groups excluding carboxylic acids is 1. The van der Waals surface area contributed by atoms with E-state index in [0.717, 1.165) is 17.5 Å². The minimum absolute atomic E-state index is 0.0100. The zero-order valence-electron chi connectivity index (χ0n) is 13.6. The number of fused-ring (bicyclic) bond motifs is 1. The van der Waals surface area contributed by atoms with Crippen LogP contribution in [0.25, 0.3) is 0 Å². The molecule has 0 bridgehead atoms. The van der Waals surface area contributed by atoms with Gasteiger partial charge in [-0.3, -0.25) is 4.79 Å². The van der Waals surface area contributed by atoms with Crippen molar-refractivity contribution in [1.82, 2.24) is 14.7 Å². The number of nitrogens with zero attached hydrogens (tertiary/aromatic N) is 3.